The van der Waals surface area contributed by atoms with Crippen LogP contribution in [0.15, 0.2) is 18.2 Å². The number of hydrogen-bond donors (Lipinski definition) is 1. The number of nitrogens with zero attached hydrogens (tertiary/aromatic N) is 1. The minimum Gasteiger partial charge on any atom is -0.371 e. The van der Waals surface area contributed by atoms with E-state index in [-0.39, 0.29) is 5.82 Å². The first-order chi connectivity index (χ1) is 9.79. The second-order valence-corrected chi connectivity index (χ2v) is 5.75. The van der Waals surface area contributed by atoms with Gasteiger partial charge in [0.25, 0.3) is 0 Å². The van der Waals surface area contributed by atoms with E-state index in [0.29, 0.717) is 0 Å². The molecule has 2 nitrogen and oxygen atoms in total. The van der Waals surface area contributed by atoms with Crippen molar-refractivity contribution in [1.82, 2.24) is 5.32 Å². The highest BCUT2D eigenvalue weighted by Gasteiger charge is 2.11. The lowest BCUT2D eigenvalue weighted by molar-refractivity contribution is 0.554. The lowest BCUT2D eigenvalue weighted by Crippen LogP contribution is -2.27. The van der Waals surface area contributed by atoms with Gasteiger partial charge >= 0.3 is 0 Å². The molecule has 112 valence electrons. The largest absolute Gasteiger partial charge is 0.371 e. The Hall–Kier alpha value is -1.09. The maximum absolute atomic E-state index is 13.8. The van der Waals surface area contributed by atoms with E-state index in [1.54, 1.807) is 12.1 Å². The predicted molar refractivity (Wildman–Crippen MR) is 83.7 cm³/mol. The smallest absolute Gasteiger partial charge is 0.125 e. The fourth-order valence-corrected chi connectivity index (χ4v) is 2.83. The average molecular weight is 278 g/mol. The van der Waals surface area contributed by atoms with Crippen LogP contribution in [0.5, 0.6) is 0 Å². The highest BCUT2D eigenvalue weighted by molar-refractivity contribution is 5.49. The molecule has 1 aromatic carbocycles. The molecular weight excluding hydrogens is 251 g/mol. The topological polar surface area (TPSA) is 15.3 Å². The second-order valence-electron chi connectivity index (χ2n) is 5.75. The van der Waals surface area contributed by atoms with E-state index >= 15 is 0 Å². The second kappa shape index (κ2) is 8.25. The molecule has 1 aliphatic heterocycles. The first-order valence-electron chi connectivity index (χ1n) is 8.04. The van der Waals surface area contributed by atoms with Gasteiger partial charge in [-0.2, -0.15) is 0 Å². The third-order valence-corrected chi connectivity index (χ3v) is 3.92. The summed E-state index contributed by atoms with van der Waals surface area (Å²) < 4.78 is 13.8. The van der Waals surface area contributed by atoms with Crippen molar-refractivity contribution < 1.29 is 4.39 Å². The molecule has 1 aromatic rings. The first kappa shape index (κ1) is 15.3. The monoisotopic (exact) mass is 278 g/mol. The average Bonchev–Trinajstić information content (AvgIpc) is 2.38. The van der Waals surface area contributed by atoms with Crippen LogP contribution >= 0.6 is 0 Å². The van der Waals surface area contributed by atoms with Gasteiger partial charge in [0.2, 0.25) is 0 Å². The molecule has 0 aromatic heterocycles. The molecule has 0 unspecified atom stereocenters. The predicted octanol–water partition coefficient (Wildman–Crippen LogP) is 4.10. The summed E-state index contributed by atoms with van der Waals surface area (Å²) in [5, 5.41) is 3.35. The normalized spacial score (nSPS) is 16.8. The quantitative estimate of drug-likeness (QED) is 0.816. The van der Waals surface area contributed by atoms with Crippen molar-refractivity contribution in [1.29, 1.82) is 0 Å². The van der Waals surface area contributed by atoms with E-state index in [0.717, 1.165) is 43.9 Å². The molecule has 0 amide bonds. The van der Waals surface area contributed by atoms with E-state index in [1.165, 1.54) is 32.1 Å². The minimum atomic E-state index is -0.113. The van der Waals surface area contributed by atoms with Crippen LogP contribution in [-0.2, 0) is 6.54 Å². The summed E-state index contributed by atoms with van der Waals surface area (Å²) in [6.07, 6.45) is 7.50. The van der Waals surface area contributed by atoms with Gasteiger partial charge in [-0.05, 0) is 49.6 Å². The number of halogens is 1. The van der Waals surface area contributed by atoms with Gasteiger partial charge in [-0.25, -0.2) is 4.39 Å². The minimum absolute atomic E-state index is 0.113. The van der Waals surface area contributed by atoms with Crippen molar-refractivity contribution in [2.75, 3.05) is 24.5 Å². The highest BCUT2D eigenvalue weighted by atomic mass is 19.1. The van der Waals surface area contributed by atoms with Crippen LogP contribution in [0.2, 0.25) is 0 Å². The van der Waals surface area contributed by atoms with Gasteiger partial charge in [0.05, 0.1) is 0 Å². The van der Waals surface area contributed by atoms with Crippen molar-refractivity contribution in [3.8, 4) is 0 Å². The molecule has 1 fully saturated rings. The Morgan fingerprint density at radius 2 is 1.75 bits per heavy atom. The van der Waals surface area contributed by atoms with E-state index in [4.69, 9.17) is 0 Å². The zero-order valence-corrected chi connectivity index (χ0v) is 12.6. The number of benzene rings is 1. The van der Waals surface area contributed by atoms with Crippen molar-refractivity contribution in [3.05, 3.63) is 29.6 Å². The fourth-order valence-electron chi connectivity index (χ4n) is 2.83. The summed E-state index contributed by atoms with van der Waals surface area (Å²) in [6, 6.07) is 5.48. The van der Waals surface area contributed by atoms with E-state index in [2.05, 4.69) is 23.2 Å². The van der Waals surface area contributed by atoms with Gasteiger partial charge in [-0.3, -0.25) is 0 Å². The van der Waals surface area contributed by atoms with Crippen molar-refractivity contribution in [2.24, 2.45) is 0 Å². The number of anilines is 1. The maximum Gasteiger partial charge on any atom is 0.125 e. The first-order valence-corrected chi connectivity index (χ1v) is 8.04. The molecule has 0 radical (unpaired) electrons. The molecule has 0 aliphatic carbocycles. The standard InChI is InChI=1S/C17H27FN2/c1-2-8-19-14-15-11-16(18)13-17(12-15)20-9-6-4-3-5-7-10-20/h11-13,19H,2-10,14H2,1H3. The van der Waals surface area contributed by atoms with Crippen molar-refractivity contribution >= 4 is 5.69 Å². The molecule has 1 heterocycles. The van der Waals surface area contributed by atoms with Gasteiger partial charge < -0.3 is 10.2 Å². The van der Waals surface area contributed by atoms with Gasteiger partial charge in [-0.15, -0.1) is 0 Å². The highest BCUT2D eigenvalue weighted by Crippen LogP contribution is 2.22. The summed E-state index contributed by atoms with van der Waals surface area (Å²) >= 11 is 0. The van der Waals surface area contributed by atoms with E-state index in [1.807, 2.05) is 0 Å². The summed E-state index contributed by atoms with van der Waals surface area (Å²) in [7, 11) is 0. The van der Waals surface area contributed by atoms with Crippen LogP contribution in [0, 0.1) is 5.82 Å². The SMILES string of the molecule is CCCNCc1cc(F)cc(N2CCCCCCC2)c1. The van der Waals surface area contributed by atoms with Crippen LogP contribution in [0.3, 0.4) is 0 Å². The summed E-state index contributed by atoms with van der Waals surface area (Å²) in [4.78, 5) is 2.35. The molecule has 1 saturated heterocycles. The lowest BCUT2D eigenvalue weighted by Gasteiger charge is -2.27. The van der Waals surface area contributed by atoms with Gasteiger partial charge in [0, 0.05) is 25.3 Å². The summed E-state index contributed by atoms with van der Waals surface area (Å²) in [6.45, 7) is 6.00. The molecule has 0 bridgehead atoms. The third-order valence-electron chi connectivity index (χ3n) is 3.92. The molecule has 1 N–H and O–H groups in total. The Balaban J connectivity index is 2.04. The Bertz CT molecular complexity index is 398. The molecule has 20 heavy (non-hydrogen) atoms. The van der Waals surface area contributed by atoms with E-state index in [9.17, 15) is 4.39 Å². The summed E-state index contributed by atoms with van der Waals surface area (Å²) in [5.74, 6) is -0.113. The molecule has 2 rings (SSSR count). The number of hydrogen-bond acceptors (Lipinski definition) is 2. The summed E-state index contributed by atoms with van der Waals surface area (Å²) in [5.41, 5.74) is 2.11. The Morgan fingerprint density at radius 3 is 2.45 bits per heavy atom. The molecule has 1 aliphatic rings. The van der Waals surface area contributed by atoms with Crippen LogP contribution in [0.1, 0.15) is 51.0 Å². The molecule has 3 heteroatoms. The molecule has 0 atom stereocenters. The Morgan fingerprint density at radius 1 is 1.05 bits per heavy atom. The number of nitrogens with one attached hydrogen (secondary N) is 1. The molecule has 0 saturated carbocycles. The van der Waals surface area contributed by atoms with Crippen LogP contribution in [0.4, 0.5) is 10.1 Å². The zero-order valence-electron chi connectivity index (χ0n) is 12.6. The van der Waals surface area contributed by atoms with Crippen LogP contribution < -0.4 is 10.2 Å². The van der Waals surface area contributed by atoms with Crippen LogP contribution in [-0.4, -0.2) is 19.6 Å². The third kappa shape index (κ3) is 4.78. The van der Waals surface area contributed by atoms with Crippen molar-refractivity contribution in [3.63, 3.8) is 0 Å². The zero-order chi connectivity index (χ0) is 14.2. The van der Waals surface area contributed by atoms with Crippen molar-refractivity contribution in [2.45, 2.75) is 52.0 Å². The van der Waals surface area contributed by atoms with Crippen LogP contribution in [0.25, 0.3) is 0 Å². The van der Waals surface area contributed by atoms with Gasteiger partial charge in [-0.1, -0.05) is 26.2 Å². The van der Waals surface area contributed by atoms with E-state index < -0.39 is 0 Å². The fraction of sp³-hybridized carbons (Fsp3) is 0.647. The van der Waals surface area contributed by atoms with Gasteiger partial charge in [0.15, 0.2) is 0 Å². The Labute approximate surface area is 122 Å². The molecule has 0 spiro atoms. The molecular formula is C17H27FN2. The number of rotatable bonds is 5. The lowest BCUT2D eigenvalue weighted by atomic mass is 10.1. The maximum atomic E-state index is 13.8. The van der Waals surface area contributed by atoms with Gasteiger partial charge in [0.1, 0.15) is 5.82 Å². The Kier molecular flexibility index (Phi) is 6.31.